The first-order valence-corrected chi connectivity index (χ1v) is 5.21. The highest BCUT2D eigenvalue weighted by molar-refractivity contribution is 6.31. The predicted octanol–water partition coefficient (Wildman–Crippen LogP) is 5.41. The molecule has 0 unspecified atom stereocenters. The Balaban J connectivity index is 0. The molecule has 1 aromatic carbocycles. The van der Waals surface area contributed by atoms with Crippen LogP contribution in [0.15, 0.2) is 24.3 Å². The van der Waals surface area contributed by atoms with Crippen molar-refractivity contribution in [1.29, 1.82) is 0 Å². The van der Waals surface area contributed by atoms with Gasteiger partial charge < -0.3 is 0 Å². The molecule has 1 rings (SSSR count). The van der Waals surface area contributed by atoms with E-state index in [-0.39, 0.29) is 5.02 Å². The SMILES string of the molecule is CC.CC.FC(F)(F)c1ccccc1Cl. The van der Waals surface area contributed by atoms with Crippen molar-refractivity contribution in [3.05, 3.63) is 34.9 Å². The van der Waals surface area contributed by atoms with Crippen molar-refractivity contribution in [1.82, 2.24) is 0 Å². The van der Waals surface area contributed by atoms with Crippen molar-refractivity contribution < 1.29 is 13.2 Å². The molecule has 15 heavy (non-hydrogen) atoms. The number of halogens is 4. The third kappa shape index (κ3) is 6.39. The summed E-state index contributed by atoms with van der Waals surface area (Å²) in [5.41, 5.74) is -0.790. The average Bonchev–Trinajstić information content (AvgIpc) is 2.23. The summed E-state index contributed by atoms with van der Waals surface area (Å²) in [6.07, 6.45) is -4.35. The van der Waals surface area contributed by atoms with Gasteiger partial charge in [0, 0.05) is 0 Å². The molecule has 0 N–H and O–H groups in total. The molecule has 88 valence electrons. The van der Waals surface area contributed by atoms with Crippen LogP contribution in [-0.4, -0.2) is 0 Å². The number of rotatable bonds is 0. The van der Waals surface area contributed by atoms with Gasteiger partial charge >= 0.3 is 6.18 Å². The molecule has 0 aliphatic carbocycles. The van der Waals surface area contributed by atoms with Gasteiger partial charge in [0.05, 0.1) is 10.6 Å². The largest absolute Gasteiger partial charge is 0.417 e. The van der Waals surface area contributed by atoms with Crippen molar-refractivity contribution in [2.24, 2.45) is 0 Å². The minimum absolute atomic E-state index is 0.264. The van der Waals surface area contributed by atoms with Crippen LogP contribution in [0.25, 0.3) is 0 Å². The summed E-state index contributed by atoms with van der Waals surface area (Å²) in [6, 6.07) is 4.92. The molecule has 0 atom stereocenters. The lowest BCUT2D eigenvalue weighted by atomic mass is 10.2. The maximum Gasteiger partial charge on any atom is 0.417 e. The molecule has 0 saturated carbocycles. The summed E-state index contributed by atoms with van der Waals surface area (Å²) in [7, 11) is 0. The van der Waals surface area contributed by atoms with E-state index in [4.69, 9.17) is 11.6 Å². The fraction of sp³-hybridized carbons (Fsp3) is 0.455. The smallest absolute Gasteiger partial charge is 0.166 e. The molecule has 0 bridgehead atoms. The fourth-order valence-electron chi connectivity index (χ4n) is 0.691. The summed E-state index contributed by atoms with van der Waals surface area (Å²) in [5.74, 6) is 0. The van der Waals surface area contributed by atoms with Gasteiger partial charge in [-0.15, -0.1) is 0 Å². The van der Waals surface area contributed by atoms with E-state index in [0.717, 1.165) is 6.07 Å². The van der Waals surface area contributed by atoms with E-state index in [1.807, 2.05) is 27.7 Å². The topological polar surface area (TPSA) is 0 Å². The monoisotopic (exact) mass is 240 g/mol. The zero-order valence-corrected chi connectivity index (χ0v) is 10.1. The van der Waals surface area contributed by atoms with Gasteiger partial charge in [-0.1, -0.05) is 51.4 Å². The summed E-state index contributed by atoms with van der Waals surface area (Å²) >= 11 is 5.29. The van der Waals surface area contributed by atoms with Crippen LogP contribution in [0.2, 0.25) is 5.02 Å². The second-order valence-corrected chi connectivity index (χ2v) is 2.38. The summed E-state index contributed by atoms with van der Waals surface area (Å²) < 4.78 is 35.9. The maximum absolute atomic E-state index is 12.0. The molecule has 0 fully saturated rings. The quantitative estimate of drug-likeness (QED) is 0.569. The van der Waals surface area contributed by atoms with Crippen molar-refractivity contribution in [3.63, 3.8) is 0 Å². The van der Waals surface area contributed by atoms with Crippen LogP contribution < -0.4 is 0 Å². The Hall–Kier alpha value is -0.700. The van der Waals surface area contributed by atoms with E-state index in [9.17, 15) is 13.2 Å². The van der Waals surface area contributed by atoms with Crippen LogP contribution >= 0.6 is 11.6 Å². The molecule has 0 amide bonds. The fourth-order valence-corrected chi connectivity index (χ4v) is 0.934. The molecule has 0 aromatic heterocycles. The van der Waals surface area contributed by atoms with E-state index in [1.165, 1.54) is 18.2 Å². The number of benzene rings is 1. The van der Waals surface area contributed by atoms with E-state index in [0.29, 0.717) is 0 Å². The Labute approximate surface area is 94.1 Å². The highest BCUT2D eigenvalue weighted by atomic mass is 35.5. The summed E-state index contributed by atoms with van der Waals surface area (Å²) in [5, 5.41) is -0.264. The molecule has 0 nitrogen and oxygen atoms in total. The van der Waals surface area contributed by atoms with Crippen LogP contribution in [0.3, 0.4) is 0 Å². The van der Waals surface area contributed by atoms with Crippen molar-refractivity contribution in [3.8, 4) is 0 Å². The Morgan fingerprint density at radius 3 is 1.60 bits per heavy atom. The van der Waals surface area contributed by atoms with Crippen molar-refractivity contribution in [2.75, 3.05) is 0 Å². The van der Waals surface area contributed by atoms with Gasteiger partial charge in [0.15, 0.2) is 0 Å². The summed E-state index contributed by atoms with van der Waals surface area (Å²) in [4.78, 5) is 0. The Morgan fingerprint density at radius 2 is 1.33 bits per heavy atom. The standard InChI is InChI=1S/C7H4ClF3.2C2H6/c8-6-4-2-1-3-5(6)7(9,10)11;2*1-2/h1-4H;2*1-2H3. The van der Waals surface area contributed by atoms with Gasteiger partial charge in [-0.05, 0) is 12.1 Å². The molecule has 0 aliphatic rings. The summed E-state index contributed by atoms with van der Waals surface area (Å²) in [6.45, 7) is 8.00. The van der Waals surface area contributed by atoms with Crippen LogP contribution in [-0.2, 0) is 6.18 Å². The number of hydrogen-bond donors (Lipinski definition) is 0. The van der Waals surface area contributed by atoms with Crippen molar-refractivity contribution in [2.45, 2.75) is 33.9 Å². The molecule has 1 aromatic rings. The third-order valence-electron chi connectivity index (χ3n) is 1.18. The zero-order valence-electron chi connectivity index (χ0n) is 9.32. The van der Waals surface area contributed by atoms with Crippen LogP contribution in [0.1, 0.15) is 33.3 Å². The van der Waals surface area contributed by atoms with E-state index in [2.05, 4.69) is 0 Å². The lowest BCUT2D eigenvalue weighted by Gasteiger charge is -2.06. The minimum Gasteiger partial charge on any atom is -0.166 e. The van der Waals surface area contributed by atoms with Crippen LogP contribution in [0, 0.1) is 0 Å². The first kappa shape index (κ1) is 16.7. The molecular formula is C11H16ClF3. The number of hydrogen-bond acceptors (Lipinski definition) is 0. The molecule has 0 spiro atoms. The molecule has 0 heterocycles. The van der Waals surface area contributed by atoms with Crippen LogP contribution in [0.4, 0.5) is 13.2 Å². The maximum atomic E-state index is 12.0. The highest BCUT2D eigenvalue weighted by Crippen LogP contribution is 2.33. The molecule has 4 heteroatoms. The highest BCUT2D eigenvalue weighted by Gasteiger charge is 2.32. The Bertz CT molecular complexity index is 256. The van der Waals surface area contributed by atoms with Gasteiger partial charge in [0.2, 0.25) is 0 Å². The van der Waals surface area contributed by atoms with Gasteiger partial charge in [-0.2, -0.15) is 13.2 Å². The first-order valence-electron chi connectivity index (χ1n) is 4.83. The van der Waals surface area contributed by atoms with E-state index >= 15 is 0 Å². The van der Waals surface area contributed by atoms with Gasteiger partial charge in [-0.25, -0.2) is 0 Å². The van der Waals surface area contributed by atoms with Gasteiger partial charge in [0.25, 0.3) is 0 Å². The van der Waals surface area contributed by atoms with E-state index in [1.54, 1.807) is 0 Å². The number of alkyl halides is 3. The molecule has 0 aliphatic heterocycles. The Morgan fingerprint density at radius 1 is 0.933 bits per heavy atom. The lowest BCUT2D eigenvalue weighted by molar-refractivity contribution is -0.137. The van der Waals surface area contributed by atoms with Crippen LogP contribution in [0.5, 0.6) is 0 Å². The van der Waals surface area contributed by atoms with Gasteiger partial charge in [-0.3, -0.25) is 0 Å². The second kappa shape index (κ2) is 8.60. The second-order valence-electron chi connectivity index (χ2n) is 1.98. The first-order chi connectivity index (χ1) is 7.02. The van der Waals surface area contributed by atoms with E-state index < -0.39 is 11.7 Å². The molecule has 0 saturated heterocycles. The Kier molecular flexibility index (Phi) is 9.58. The molecular weight excluding hydrogens is 225 g/mol. The third-order valence-corrected chi connectivity index (χ3v) is 1.51. The minimum atomic E-state index is -4.35. The zero-order chi connectivity index (χ0) is 12.5. The molecule has 0 radical (unpaired) electrons. The predicted molar refractivity (Wildman–Crippen MR) is 59.2 cm³/mol. The average molecular weight is 241 g/mol. The van der Waals surface area contributed by atoms with Crippen molar-refractivity contribution >= 4 is 11.6 Å². The normalized spacial score (nSPS) is 9.33. The van der Waals surface area contributed by atoms with Gasteiger partial charge in [0.1, 0.15) is 0 Å². The lowest BCUT2D eigenvalue weighted by Crippen LogP contribution is -2.04.